The third kappa shape index (κ3) is 4.52. The molecular formula is C19H16ClN5O3S. The predicted octanol–water partition coefficient (Wildman–Crippen LogP) is 4.84. The smallest absolute Gasteiger partial charge is 0.293 e. The highest BCUT2D eigenvalue weighted by molar-refractivity contribution is 7.15. The summed E-state index contributed by atoms with van der Waals surface area (Å²) in [6.07, 6.45) is 2.19. The van der Waals surface area contributed by atoms with Crippen LogP contribution >= 0.6 is 22.9 Å². The number of nitrogens with one attached hydrogen (secondary N) is 2. The Kier molecular flexibility index (Phi) is 5.41. The van der Waals surface area contributed by atoms with Gasteiger partial charge in [-0.3, -0.25) is 20.2 Å². The summed E-state index contributed by atoms with van der Waals surface area (Å²) in [7, 11) is 0. The fourth-order valence-electron chi connectivity index (χ4n) is 2.76. The Bertz CT molecular complexity index is 1080. The molecule has 29 heavy (non-hydrogen) atoms. The first-order valence-corrected chi connectivity index (χ1v) is 10.1. The highest BCUT2D eigenvalue weighted by atomic mass is 35.5. The van der Waals surface area contributed by atoms with E-state index in [-0.39, 0.29) is 11.3 Å². The van der Waals surface area contributed by atoms with Gasteiger partial charge in [0.25, 0.3) is 11.6 Å². The maximum Gasteiger partial charge on any atom is 0.293 e. The normalized spacial score (nSPS) is 13.1. The monoisotopic (exact) mass is 429 g/mol. The van der Waals surface area contributed by atoms with Crippen LogP contribution in [-0.2, 0) is 6.54 Å². The van der Waals surface area contributed by atoms with Gasteiger partial charge in [0, 0.05) is 29.1 Å². The highest BCUT2D eigenvalue weighted by Gasteiger charge is 2.28. The van der Waals surface area contributed by atoms with Crippen LogP contribution in [0.4, 0.5) is 16.5 Å². The summed E-state index contributed by atoms with van der Waals surface area (Å²) in [4.78, 5) is 23.5. The molecule has 0 spiro atoms. The summed E-state index contributed by atoms with van der Waals surface area (Å²) in [6, 6.07) is 11.5. The molecular weight excluding hydrogens is 414 g/mol. The Balaban J connectivity index is 1.49. The third-order valence-electron chi connectivity index (χ3n) is 4.47. The molecule has 0 radical (unpaired) electrons. The molecule has 8 nitrogen and oxygen atoms in total. The Morgan fingerprint density at radius 1 is 1.24 bits per heavy atom. The van der Waals surface area contributed by atoms with E-state index in [2.05, 4.69) is 20.8 Å². The van der Waals surface area contributed by atoms with Crippen LogP contribution in [0.3, 0.4) is 0 Å². The number of hydrogen-bond acceptors (Lipinski definition) is 7. The van der Waals surface area contributed by atoms with Crippen molar-refractivity contribution in [2.45, 2.75) is 25.3 Å². The minimum absolute atomic E-state index is 0.170. The van der Waals surface area contributed by atoms with Crippen molar-refractivity contribution in [3.8, 4) is 0 Å². The average molecular weight is 430 g/mol. The molecule has 1 heterocycles. The minimum atomic E-state index is -0.526. The van der Waals surface area contributed by atoms with Gasteiger partial charge in [-0.15, -0.1) is 10.2 Å². The predicted molar refractivity (Wildman–Crippen MR) is 112 cm³/mol. The third-order valence-corrected chi connectivity index (χ3v) is 5.84. The van der Waals surface area contributed by atoms with Crippen LogP contribution in [-0.4, -0.2) is 21.0 Å². The van der Waals surface area contributed by atoms with Crippen LogP contribution in [0, 0.1) is 10.1 Å². The first-order chi connectivity index (χ1) is 14.0. The topological polar surface area (TPSA) is 110 Å². The van der Waals surface area contributed by atoms with E-state index in [0.717, 1.165) is 23.4 Å². The summed E-state index contributed by atoms with van der Waals surface area (Å²) < 4.78 is 0. The van der Waals surface area contributed by atoms with Gasteiger partial charge in [0.1, 0.15) is 10.7 Å². The van der Waals surface area contributed by atoms with Crippen LogP contribution in [0.15, 0.2) is 42.5 Å². The summed E-state index contributed by atoms with van der Waals surface area (Å²) in [6.45, 7) is 0.320. The van der Waals surface area contributed by atoms with Gasteiger partial charge in [-0.1, -0.05) is 41.1 Å². The lowest BCUT2D eigenvalue weighted by Crippen LogP contribution is -2.12. The van der Waals surface area contributed by atoms with Gasteiger partial charge in [-0.25, -0.2) is 0 Å². The molecule has 1 fully saturated rings. The Labute approximate surface area is 175 Å². The van der Waals surface area contributed by atoms with Crippen molar-refractivity contribution in [2.75, 3.05) is 10.6 Å². The van der Waals surface area contributed by atoms with Gasteiger partial charge in [0.2, 0.25) is 5.13 Å². The van der Waals surface area contributed by atoms with Crippen LogP contribution in [0.2, 0.25) is 5.02 Å². The number of nitrogens with zero attached hydrogens (tertiary/aromatic N) is 3. The maximum absolute atomic E-state index is 12.5. The minimum Gasteiger partial charge on any atom is -0.375 e. The SMILES string of the molecule is O=C(Nc1nnc(C2CC2)s1)c1ccc(NCc2ccccc2Cl)c([N+](=O)[O-])c1. The molecule has 10 heteroatoms. The van der Waals surface area contributed by atoms with Gasteiger partial charge in [-0.2, -0.15) is 0 Å². The van der Waals surface area contributed by atoms with E-state index in [9.17, 15) is 14.9 Å². The van der Waals surface area contributed by atoms with Crippen LogP contribution in [0.1, 0.15) is 39.7 Å². The van der Waals surface area contributed by atoms with E-state index in [1.807, 2.05) is 18.2 Å². The van der Waals surface area contributed by atoms with Crippen molar-refractivity contribution >= 4 is 45.4 Å². The molecule has 2 N–H and O–H groups in total. The molecule has 0 bridgehead atoms. The molecule has 0 aliphatic heterocycles. The standard InChI is InChI=1S/C19H16ClN5O3S/c20-14-4-2-1-3-13(14)10-21-15-8-7-12(9-16(15)25(27)28)17(26)22-19-24-23-18(29-19)11-5-6-11/h1-4,7-9,11,21H,5-6,10H2,(H,22,24,26). The molecule has 1 saturated carbocycles. The van der Waals surface area contributed by atoms with Gasteiger partial charge in [0.05, 0.1) is 4.92 Å². The van der Waals surface area contributed by atoms with E-state index in [1.54, 1.807) is 6.07 Å². The maximum atomic E-state index is 12.5. The zero-order valence-electron chi connectivity index (χ0n) is 15.1. The summed E-state index contributed by atoms with van der Waals surface area (Å²) in [5.74, 6) is -0.0213. The molecule has 0 unspecified atom stereocenters. The van der Waals surface area contributed by atoms with Crippen molar-refractivity contribution in [2.24, 2.45) is 0 Å². The second kappa shape index (κ2) is 8.14. The second-order valence-electron chi connectivity index (χ2n) is 6.61. The fourth-order valence-corrected chi connectivity index (χ4v) is 3.87. The number of anilines is 2. The molecule has 2 aromatic carbocycles. The number of nitro groups is 1. The molecule has 1 aliphatic rings. The van der Waals surface area contributed by atoms with Gasteiger partial charge >= 0.3 is 0 Å². The van der Waals surface area contributed by atoms with Crippen molar-refractivity contribution in [1.29, 1.82) is 0 Å². The number of hydrogen-bond donors (Lipinski definition) is 2. The number of nitro benzene ring substituents is 1. The fraction of sp³-hybridized carbons (Fsp3) is 0.211. The van der Waals surface area contributed by atoms with Gasteiger partial charge < -0.3 is 5.32 Å². The lowest BCUT2D eigenvalue weighted by molar-refractivity contribution is -0.384. The van der Waals surface area contributed by atoms with Crippen molar-refractivity contribution in [1.82, 2.24) is 10.2 Å². The first kappa shape index (κ1) is 19.3. The van der Waals surface area contributed by atoms with Crippen molar-refractivity contribution in [3.05, 3.63) is 73.7 Å². The molecule has 4 rings (SSSR count). The number of amides is 1. The van der Waals surface area contributed by atoms with Gasteiger partial charge in [-0.05, 0) is 36.6 Å². The average Bonchev–Trinajstić information content (AvgIpc) is 3.46. The second-order valence-corrected chi connectivity index (χ2v) is 8.02. The van der Waals surface area contributed by atoms with Crippen molar-refractivity contribution < 1.29 is 9.72 Å². The molecule has 148 valence electrons. The van der Waals surface area contributed by atoms with Crippen LogP contribution < -0.4 is 10.6 Å². The van der Waals surface area contributed by atoms with Crippen molar-refractivity contribution in [3.63, 3.8) is 0 Å². The quantitative estimate of drug-likeness (QED) is 0.410. The van der Waals surface area contributed by atoms with E-state index in [0.29, 0.717) is 28.3 Å². The Morgan fingerprint density at radius 3 is 2.76 bits per heavy atom. The van der Waals surface area contributed by atoms with Crippen LogP contribution in [0.5, 0.6) is 0 Å². The Hall–Kier alpha value is -3.04. The molecule has 0 atom stereocenters. The number of halogens is 1. The van der Waals surface area contributed by atoms with E-state index in [4.69, 9.17) is 11.6 Å². The number of aromatic nitrogens is 2. The largest absolute Gasteiger partial charge is 0.375 e. The van der Waals surface area contributed by atoms with Crippen LogP contribution in [0.25, 0.3) is 0 Å². The number of benzene rings is 2. The van der Waals surface area contributed by atoms with E-state index < -0.39 is 10.8 Å². The zero-order chi connectivity index (χ0) is 20.4. The number of carbonyl (C=O) groups is 1. The lowest BCUT2D eigenvalue weighted by Gasteiger charge is -2.10. The molecule has 1 amide bonds. The van der Waals surface area contributed by atoms with E-state index in [1.165, 1.54) is 29.5 Å². The first-order valence-electron chi connectivity index (χ1n) is 8.91. The highest BCUT2D eigenvalue weighted by Crippen LogP contribution is 2.42. The number of rotatable bonds is 7. The number of carbonyl (C=O) groups excluding carboxylic acids is 1. The summed E-state index contributed by atoms with van der Waals surface area (Å²) >= 11 is 7.46. The Morgan fingerprint density at radius 2 is 2.03 bits per heavy atom. The molecule has 0 saturated heterocycles. The molecule has 1 aliphatic carbocycles. The van der Waals surface area contributed by atoms with E-state index >= 15 is 0 Å². The summed E-state index contributed by atoms with van der Waals surface area (Å²) in [5, 5.41) is 27.1. The lowest BCUT2D eigenvalue weighted by atomic mass is 10.1. The molecule has 1 aromatic heterocycles. The zero-order valence-corrected chi connectivity index (χ0v) is 16.7. The summed E-state index contributed by atoms with van der Waals surface area (Å²) in [5.41, 5.74) is 1.09. The van der Waals surface area contributed by atoms with Gasteiger partial charge in [0.15, 0.2) is 0 Å². The molecule has 3 aromatic rings.